The van der Waals surface area contributed by atoms with Crippen molar-refractivity contribution in [2.75, 3.05) is 0 Å². The second-order valence-corrected chi connectivity index (χ2v) is 4.61. The van der Waals surface area contributed by atoms with Crippen molar-refractivity contribution in [1.29, 1.82) is 0 Å². The summed E-state index contributed by atoms with van der Waals surface area (Å²) in [6.07, 6.45) is 1.55. The van der Waals surface area contributed by atoms with Gasteiger partial charge in [-0.15, -0.1) is 0 Å². The summed E-state index contributed by atoms with van der Waals surface area (Å²) in [7, 11) is 0. The Kier molecular flexibility index (Phi) is 3.97. The molecule has 0 atom stereocenters. The van der Waals surface area contributed by atoms with Crippen LogP contribution in [0.1, 0.15) is 12.5 Å². The summed E-state index contributed by atoms with van der Waals surface area (Å²) in [6.45, 7) is 1.48. The zero-order chi connectivity index (χ0) is 13.8. The summed E-state index contributed by atoms with van der Waals surface area (Å²) < 4.78 is 0. The van der Waals surface area contributed by atoms with Crippen LogP contribution >= 0.6 is 11.6 Å². The van der Waals surface area contributed by atoms with E-state index in [2.05, 4.69) is 0 Å². The first-order valence-corrected chi connectivity index (χ1v) is 6.13. The fraction of sp³-hybridized carbons (Fsp3) is 0.0667. The molecule has 0 aliphatic carbocycles. The van der Waals surface area contributed by atoms with Crippen LogP contribution in [0.3, 0.4) is 0 Å². The molecular weight excluding hydrogens is 262 g/mol. The highest BCUT2D eigenvalue weighted by molar-refractivity contribution is 6.30. The van der Waals surface area contributed by atoms with Gasteiger partial charge in [-0.05, 0) is 28.8 Å². The second kappa shape index (κ2) is 5.67. The third kappa shape index (κ3) is 3.42. The van der Waals surface area contributed by atoms with E-state index in [0.717, 1.165) is 16.7 Å². The molecule has 0 saturated heterocycles. The van der Waals surface area contributed by atoms with Gasteiger partial charge >= 0.3 is 0 Å². The third-order valence-electron chi connectivity index (χ3n) is 2.75. The van der Waals surface area contributed by atoms with Crippen LogP contribution < -0.4 is 0 Å². The number of nitrogens with zero attached hydrogens (tertiary/aromatic N) is 1. The number of halogens is 1. The number of allylic oxidation sites excluding steroid dienone is 1. The van der Waals surface area contributed by atoms with Crippen LogP contribution in [0.2, 0.25) is 5.02 Å². The molecule has 19 heavy (non-hydrogen) atoms. The van der Waals surface area contributed by atoms with E-state index in [1.54, 1.807) is 6.08 Å². The molecule has 96 valence electrons. The van der Waals surface area contributed by atoms with Gasteiger partial charge in [0.1, 0.15) is 0 Å². The molecule has 2 aromatic carbocycles. The second-order valence-electron chi connectivity index (χ2n) is 4.17. The van der Waals surface area contributed by atoms with Crippen LogP contribution in [0.4, 0.5) is 0 Å². The first-order valence-electron chi connectivity index (χ1n) is 5.75. The van der Waals surface area contributed by atoms with E-state index >= 15 is 0 Å². The highest BCUT2D eigenvalue weighted by Crippen LogP contribution is 2.22. The summed E-state index contributed by atoms with van der Waals surface area (Å²) in [5.41, 5.74) is 3.05. The molecule has 0 aliphatic heterocycles. The monoisotopic (exact) mass is 273 g/mol. The van der Waals surface area contributed by atoms with Crippen molar-refractivity contribution < 1.29 is 4.92 Å². The highest BCUT2D eigenvalue weighted by Gasteiger charge is 2.02. The number of nitro groups is 1. The third-order valence-corrected chi connectivity index (χ3v) is 3.00. The van der Waals surface area contributed by atoms with Gasteiger partial charge in [0.05, 0.1) is 4.92 Å². The van der Waals surface area contributed by atoms with E-state index in [4.69, 9.17) is 11.6 Å². The lowest BCUT2D eigenvalue weighted by Gasteiger charge is -2.02. The van der Waals surface area contributed by atoms with Crippen LogP contribution in [-0.2, 0) is 0 Å². The van der Waals surface area contributed by atoms with E-state index in [0.29, 0.717) is 5.02 Å². The molecule has 0 saturated carbocycles. The van der Waals surface area contributed by atoms with Crippen LogP contribution in [0.15, 0.2) is 54.2 Å². The molecule has 0 spiro atoms. The zero-order valence-electron chi connectivity index (χ0n) is 10.3. The predicted octanol–water partition coefficient (Wildman–Crippen LogP) is 4.64. The lowest BCUT2D eigenvalue weighted by Crippen LogP contribution is -1.92. The average Bonchev–Trinajstić information content (AvgIpc) is 2.40. The summed E-state index contributed by atoms with van der Waals surface area (Å²) in [5.74, 6) is 0. The molecule has 0 fully saturated rings. The predicted molar refractivity (Wildman–Crippen MR) is 77.5 cm³/mol. The fourth-order valence-corrected chi connectivity index (χ4v) is 1.83. The molecule has 0 N–H and O–H groups in total. The molecular formula is C15H12ClNO2. The summed E-state index contributed by atoms with van der Waals surface area (Å²) >= 11 is 5.84. The van der Waals surface area contributed by atoms with Crippen molar-refractivity contribution in [1.82, 2.24) is 0 Å². The van der Waals surface area contributed by atoms with Crippen molar-refractivity contribution in [3.63, 3.8) is 0 Å². The van der Waals surface area contributed by atoms with Crippen LogP contribution in [0, 0.1) is 10.1 Å². The number of rotatable bonds is 3. The topological polar surface area (TPSA) is 43.1 Å². The Balaban J connectivity index is 2.26. The lowest BCUT2D eigenvalue weighted by molar-refractivity contribution is -0.422. The van der Waals surface area contributed by atoms with Crippen molar-refractivity contribution >= 4 is 17.7 Å². The van der Waals surface area contributed by atoms with E-state index in [1.165, 1.54) is 6.92 Å². The van der Waals surface area contributed by atoms with Gasteiger partial charge < -0.3 is 0 Å². The zero-order valence-corrected chi connectivity index (χ0v) is 11.1. The molecule has 3 nitrogen and oxygen atoms in total. The van der Waals surface area contributed by atoms with Crippen LogP contribution in [0.25, 0.3) is 17.2 Å². The van der Waals surface area contributed by atoms with Gasteiger partial charge in [-0.2, -0.15) is 0 Å². The van der Waals surface area contributed by atoms with Gasteiger partial charge in [0, 0.05) is 18.0 Å². The van der Waals surface area contributed by atoms with Gasteiger partial charge in [-0.25, -0.2) is 0 Å². The van der Waals surface area contributed by atoms with Gasteiger partial charge in [0.2, 0.25) is 5.70 Å². The molecule has 0 bridgehead atoms. The maximum Gasteiger partial charge on any atom is 0.243 e. The molecule has 2 rings (SSSR count). The Hall–Kier alpha value is -2.13. The van der Waals surface area contributed by atoms with Crippen molar-refractivity contribution in [2.45, 2.75) is 6.92 Å². The van der Waals surface area contributed by atoms with Gasteiger partial charge in [0.15, 0.2) is 0 Å². The minimum Gasteiger partial charge on any atom is -0.259 e. The smallest absolute Gasteiger partial charge is 0.243 e. The van der Waals surface area contributed by atoms with E-state index in [-0.39, 0.29) is 5.70 Å². The molecule has 0 radical (unpaired) electrons. The molecule has 0 unspecified atom stereocenters. The van der Waals surface area contributed by atoms with Gasteiger partial charge in [0.25, 0.3) is 0 Å². The number of hydrogen-bond donors (Lipinski definition) is 0. The van der Waals surface area contributed by atoms with Crippen LogP contribution in [0.5, 0.6) is 0 Å². The molecule has 0 aromatic heterocycles. The molecule has 0 aliphatic rings. The maximum absolute atomic E-state index is 10.5. The van der Waals surface area contributed by atoms with Crippen molar-refractivity contribution in [3.05, 3.63) is 74.9 Å². The largest absolute Gasteiger partial charge is 0.259 e. The molecule has 2 aromatic rings. The fourth-order valence-electron chi connectivity index (χ4n) is 1.71. The van der Waals surface area contributed by atoms with Crippen molar-refractivity contribution in [3.8, 4) is 11.1 Å². The lowest BCUT2D eigenvalue weighted by atomic mass is 10.0. The minimum absolute atomic E-state index is 0.124. The van der Waals surface area contributed by atoms with E-state index < -0.39 is 4.92 Å². The molecule has 4 heteroatoms. The standard InChI is InChI=1S/C15H12ClNO2/c1-11(17(18)19)10-12-2-4-13(5-3-12)14-6-8-15(16)9-7-14/h2-10H,1H3/b11-10+. The Morgan fingerprint density at radius 2 is 1.53 bits per heavy atom. The summed E-state index contributed by atoms with van der Waals surface area (Å²) in [5, 5.41) is 11.2. The van der Waals surface area contributed by atoms with Gasteiger partial charge in [-0.1, -0.05) is 48.0 Å². The highest BCUT2D eigenvalue weighted by atomic mass is 35.5. The van der Waals surface area contributed by atoms with Gasteiger partial charge in [-0.3, -0.25) is 10.1 Å². The number of benzene rings is 2. The van der Waals surface area contributed by atoms with Crippen LogP contribution in [-0.4, -0.2) is 4.92 Å². The minimum atomic E-state index is -0.396. The Morgan fingerprint density at radius 3 is 2.00 bits per heavy atom. The first kappa shape index (κ1) is 13.3. The summed E-state index contributed by atoms with van der Waals surface area (Å²) in [6, 6.07) is 15.1. The molecule has 0 amide bonds. The quantitative estimate of drug-likeness (QED) is 0.604. The normalized spacial score (nSPS) is 11.4. The Labute approximate surface area is 116 Å². The summed E-state index contributed by atoms with van der Waals surface area (Å²) in [4.78, 5) is 10.2. The van der Waals surface area contributed by atoms with E-state index in [1.807, 2.05) is 48.5 Å². The average molecular weight is 274 g/mol. The van der Waals surface area contributed by atoms with Crippen molar-refractivity contribution in [2.24, 2.45) is 0 Å². The Bertz CT molecular complexity index is 616. The number of hydrogen-bond acceptors (Lipinski definition) is 2. The van der Waals surface area contributed by atoms with E-state index in [9.17, 15) is 10.1 Å². The Morgan fingerprint density at radius 1 is 1.05 bits per heavy atom. The SMILES string of the molecule is C/C(=C\c1ccc(-c2ccc(Cl)cc2)cc1)[N+](=O)[O-]. The molecule has 0 heterocycles. The first-order chi connectivity index (χ1) is 9.06. The maximum atomic E-state index is 10.5.